The van der Waals surface area contributed by atoms with Crippen LogP contribution in [-0.2, 0) is 11.8 Å². The molecule has 1 aliphatic carbocycles. The number of allylic oxidation sites excluding steroid dienone is 1. The molecule has 6 heterocycles. The van der Waals surface area contributed by atoms with Crippen molar-refractivity contribution in [3.63, 3.8) is 0 Å². The van der Waals surface area contributed by atoms with Crippen LogP contribution in [0.2, 0.25) is 0 Å². The fourth-order valence-corrected chi connectivity index (χ4v) is 12.1. The Hall–Kier alpha value is -6.76. The Bertz CT molecular complexity index is 3720. The highest BCUT2D eigenvalue weighted by molar-refractivity contribution is 7.26. The van der Waals surface area contributed by atoms with E-state index in [-0.39, 0.29) is 12.3 Å². The predicted molar refractivity (Wildman–Crippen MR) is 254 cm³/mol. The Morgan fingerprint density at radius 2 is 1.43 bits per heavy atom. The quantitative estimate of drug-likeness (QED) is 0.164. The van der Waals surface area contributed by atoms with Crippen LogP contribution in [0.25, 0.3) is 92.4 Å². The number of nitrogens with zero attached hydrogens (tertiary/aromatic N) is 2. The SMILES string of the molecule is CC(C)(C)c1ccc(N2c3cc4c(oc5ccccc54)c4c3B(c3c2ccc2sc5ccccc5c32)n2c3oc5c(c3c3cccc-4c32)CCC=C5)c(-c2ccccc2)c1. The zero-order valence-electron chi connectivity index (χ0n) is 33.5. The molecular formula is C54H37BN2O2S. The first-order chi connectivity index (χ1) is 29.4. The summed E-state index contributed by atoms with van der Waals surface area (Å²) in [6.07, 6.45) is 6.42. The smallest absolute Gasteiger partial charge is 0.336 e. The van der Waals surface area contributed by atoms with Crippen molar-refractivity contribution >= 4 is 116 Å². The van der Waals surface area contributed by atoms with Crippen molar-refractivity contribution in [2.75, 3.05) is 4.90 Å². The van der Waals surface area contributed by atoms with Gasteiger partial charge in [-0.15, -0.1) is 11.3 Å². The predicted octanol–water partition coefficient (Wildman–Crippen LogP) is 14.0. The number of aromatic nitrogens is 1. The van der Waals surface area contributed by atoms with E-state index in [1.807, 2.05) is 11.3 Å². The molecule has 6 heteroatoms. The third kappa shape index (κ3) is 4.16. The second kappa shape index (κ2) is 11.5. The Morgan fingerprint density at radius 1 is 0.633 bits per heavy atom. The lowest BCUT2D eigenvalue weighted by molar-refractivity contribution is 0.581. The number of benzene rings is 7. The van der Waals surface area contributed by atoms with Gasteiger partial charge in [-0.05, 0) is 99.6 Å². The summed E-state index contributed by atoms with van der Waals surface area (Å²) in [4.78, 5) is 2.59. The van der Waals surface area contributed by atoms with E-state index < -0.39 is 0 Å². The van der Waals surface area contributed by atoms with Crippen LogP contribution in [0.5, 0.6) is 0 Å². The largest absolute Gasteiger partial charge is 0.455 e. The van der Waals surface area contributed by atoms with Gasteiger partial charge in [0.1, 0.15) is 16.9 Å². The second-order valence-corrected chi connectivity index (χ2v) is 18.9. The molecule has 3 aliphatic rings. The molecule has 0 atom stereocenters. The number of furan rings is 2. The first kappa shape index (κ1) is 33.1. The van der Waals surface area contributed by atoms with E-state index in [9.17, 15) is 0 Å². The zero-order valence-corrected chi connectivity index (χ0v) is 34.3. The van der Waals surface area contributed by atoms with Crippen molar-refractivity contribution in [1.29, 1.82) is 0 Å². The van der Waals surface area contributed by atoms with Gasteiger partial charge in [-0.3, -0.25) is 0 Å². The minimum absolute atomic E-state index is 0.0330. The Labute approximate surface area is 350 Å². The molecule has 60 heavy (non-hydrogen) atoms. The molecular weight excluding hydrogens is 751 g/mol. The molecule has 14 rings (SSSR count). The number of thiophene rings is 1. The maximum Gasteiger partial charge on any atom is 0.336 e. The van der Waals surface area contributed by atoms with Crippen LogP contribution in [0.15, 0.2) is 148 Å². The van der Waals surface area contributed by atoms with Gasteiger partial charge in [0.2, 0.25) is 0 Å². The number of fused-ring (bicyclic) bond motifs is 17. The molecule has 0 bridgehead atoms. The number of aryl methyl sites for hydroxylation is 1. The molecule has 0 saturated carbocycles. The maximum atomic E-state index is 7.10. The molecule has 0 radical (unpaired) electrons. The van der Waals surface area contributed by atoms with Crippen LogP contribution in [0.4, 0.5) is 17.1 Å². The van der Waals surface area contributed by atoms with E-state index in [4.69, 9.17) is 8.83 Å². The van der Waals surface area contributed by atoms with Crippen molar-refractivity contribution in [2.45, 2.75) is 39.0 Å². The summed E-state index contributed by atoms with van der Waals surface area (Å²) < 4.78 is 19.3. The third-order valence-electron chi connectivity index (χ3n) is 13.6. The first-order valence-corrected chi connectivity index (χ1v) is 21.9. The van der Waals surface area contributed by atoms with Gasteiger partial charge in [-0.1, -0.05) is 118 Å². The summed E-state index contributed by atoms with van der Waals surface area (Å²) in [7, 11) is 0. The van der Waals surface area contributed by atoms with E-state index in [0.29, 0.717) is 0 Å². The zero-order chi connectivity index (χ0) is 39.6. The molecule has 0 spiro atoms. The molecule has 0 fully saturated rings. The first-order valence-electron chi connectivity index (χ1n) is 21.1. The van der Waals surface area contributed by atoms with Crippen LogP contribution >= 0.6 is 11.3 Å². The summed E-state index contributed by atoms with van der Waals surface area (Å²) in [5.74, 6) is 0.990. The van der Waals surface area contributed by atoms with Crippen molar-refractivity contribution < 1.29 is 8.83 Å². The average molecular weight is 789 g/mol. The summed E-state index contributed by atoms with van der Waals surface area (Å²) in [6.45, 7) is 6.73. The highest BCUT2D eigenvalue weighted by Crippen LogP contribution is 2.53. The molecule has 0 amide bonds. The average Bonchev–Trinajstić information content (AvgIpc) is 4.03. The number of rotatable bonds is 2. The Morgan fingerprint density at radius 3 is 2.32 bits per heavy atom. The van der Waals surface area contributed by atoms with Crippen LogP contribution < -0.4 is 15.8 Å². The van der Waals surface area contributed by atoms with Gasteiger partial charge in [-0.2, -0.15) is 0 Å². The molecule has 0 unspecified atom stereocenters. The van der Waals surface area contributed by atoms with Crippen LogP contribution in [0.1, 0.15) is 44.1 Å². The topological polar surface area (TPSA) is 34.5 Å². The molecule has 4 aromatic heterocycles. The summed E-state index contributed by atoms with van der Waals surface area (Å²) in [5, 5.41) is 7.35. The summed E-state index contributed by atoms with van der Waals surface area (Å²) in [5.41, 5.74) is 17.4. The van der Waals surface area contributed by atoms with Crippen molar-refractivity contribution in [3.8, 4) is 22.3 Å². The van der Waals surface area contributed by atoms with E-state index in [1.54, 1.807) is 0 Å². The maximum absolute atomic E-state index is 7.10. The highest BCUT2D eigenvalue weighted by atomic mass is 32.1. The van der Waals surface area contributed by atoms with Crippen LogP contribution in [0.3, 0.4) is 0 Å². The fraction of sp³-hybridized carbons (Fsp3) is 0.111. The van der Waals surface area contributed by atoms with Gasteiger partial charge >= 0.3 is 6.85 Å². The van der Waals surface area contributed by atoms with Gasteiger partial charge < -0.3 is 18.2 Å². The van der Waals surface area contributed by atoms with E-state index in [0.717, 1.165) is 51.9 Å². The molecule has 2 aliphatic heterocycles. The standard InChI is InChI=1S/C54H37BN2O2S/c1-54(2,3)31-24-25-39(37(28-31)30-14-5-4-6-15-30)56-40-26-27-45-47(34-18-9-12-23-44(34)60-45)49(40)55-50-41(56)29-38-32-16-7-10-21-42(32)58-52(38)48(50)36-20-13-19-35-46-33-17-8-11-22-43(33)59-53(46)57(55)51(35)36/h4-7,9-16,18-29H,8,17H2,1-3H3. The van der Waals surface area contributed by atoms with E-state index in [2.05, 4.69) is 176 Å². The van der Waals surface area contributed by atoms with Gasteiger partial charge in [0, 0.05) is 64.7 Å². The molecule has 4 nitrogen and oxygen atoms in total. The van der Waals surface area contributed by atoms with Crippen LogP contribution in [0, 0.1) is 0 Å². The monoisotopic (exact) mass is 788 g/mol. The molecule has 7 aromatic carbocycles. The molecule has 0 N–H and O–H groups in total. The summed E-state index contributed by atoms with van der Waals surface area (Å²) in [6, 6.07) is 49.7. The fourth-order valence-electron chi connectivity index (χ4n) is 11.0. The van der Waals surface area contributed by atoms with E-state index >= 15 is 0 Å². The molecule has 0 saturated heterocycles. The minimum Gasteiger partial charge on any atom is -0.455 e. The highest BCUT2D eigenvalue weighted by Gasteiger charge is 2.47. The number of anilines is 3. The molecule has 11 aromatic rings. The van der Waals surface area contributed by atoms with Crippen molar-refractivity contribution in [2.24, 2.45) is 0 Å². The lowest BCUT2D eigenvalue weighted by Crippen LogP contribution is -2.57. The van der Waals surface area contributed by atoms with Gasteiger partial charge in [0.15, 0.2) is 5.71 Å². The molecule has 284 valence electrons. The lowest BCUT2D eigenvalue weighted by atomic mass is 9.44. The van der Waals surface area contributed by atoms with E-state index in [1.165, 1.54) is 92.1 Å². The third-order valence-corrected chi connectivity index (χ3v) is 14.7. The van der Waals surface area contributed by atoms with Crippen molar-refractivity contribution in [3.05, 3.63) is 156 Å². The Balaban J connectivity index is 1.22. The van der Waals surface area contributed by atoms with Gasteiger partial charge in [0.05, 0.1) is 11.1 Å². The Kier molecular flexibility index (Phi) is 6.35. The second-order valence-electron chi connectivity index (χ2n) is 17.9. The normalized spacial score (nSPS) is 14.3. The number of hydrogen-bond acceptors (Lipinski definition) is 4. The van der Waals surface area contributed by atoms with Crippen LogP contribution in [-0.4, -0.2) is 11.3 Å². The summed E-state index contributed by atoms with van der Waals surface area (Å²) >= 11 is 1.88. The van der Waals surface area contributed by atoms with Crippen molar-refractivity contribution in [1.82, 2.24) is 4.48 Å². The number of para-hydroxylation sites is 2. The van der Waals surface area contributed by atoms with Gasteiger partial charge in [0.25, 0.3) is 0 Å². The minimum atomic E-state index is -0.193. The van der Waals surface area contributed by atoms with Gasteiger partial charge in [-0.25, -0.2) is 0 Å². The number of hydrogen-bond donors (Lipinski definition) is 0. The lowest BCUT2D eigenvalue weighted by Gasteiger charge is -2.41.